The Morgan fingerprint density at radius 2 is 1.75 bits per heavy atom. The SMILES string of the molecule is FC(F)(F)c1ccc(OCCCNC2CCCC2)cc1. The van der Waals surface area contributed by atoms with Gasteiger partial charge in [0.2, 0.25) is 0 Å². The van der Waals surface area contributed by atoms with Gasteiger partial charge in [-0.1, -0.05) is 12.8 Å². The Labute approximate surface area is 117 Å². The van der Waals surface area contributed by atoms with E-state index in [-0.39, 0.29) is 0 Å². The maximum absolute atomic E-state index is 12.4. The minimum absolute atomic E-state index is 0.485. The van der Waals surface area contributed by atoms with Gasteiger partial charge in [-0.2, -0.15) is 13.2 Å². The van der Waals surface area contributed by atoms with Gasteiger partial charge >= 0.3 is 6.18 Å². The zero-order valence-electron chi connectivity index (χ0n) is 11.4. The summed E-state index contributed by atoms with van der Waals surface area (Å²) < 4.78 is 42.5. The molecule has 0 bridgehead atoms. The van der Waals surface area contributed by atoms with Crippen LogP contribution in [0.2, 0.25) is 0 Å². The summed E-state index contributed by atoms with van der Waals surface area (Å²) in [4.78, 5) is 0. The Morgan fingerprint density at radius 3 is 2.35 bits per heavy atom. The van der Waals surface area contributed by atoms with Crippen LogP contribution in [0.1, 0.15) is 37.7 Å². The Hall–Kier alpha value is -1.23. The summed E-state index contributed by atoms with van der Waals surface area (Å²) in [6.45, 7) is 1.41. The van der Waals surface area contributed by atoms with Crippen molar-refractivity contribution in [2.75, 3.05) is 13.2 Å². The van der Waals surface area contributed by atoms with Gasteiger partial charge in [-0.05, 0) is 50.1 Å². The lowest BCUT2D eigenvalue weighted by Gasteiger charge is -2.12. The molecule has 0 aliphatic heterocycles. The van der Waals surface area contributed by atoms with Crippen molar-refractivity contribution in [2.45, 2.75) is 44.3 Å². The fourth-order valence-corrected chi connectivity index (χ4v) is 2.44. The topological polar surface area (TPSA) is 21.3 Å². The van der Waals surface area contributed by atoms with Crippen molar-refractivity contribution in [3.63, 3.8) is 0 Å². The van der Waals surface area contributed by atoms with Crippen molar-refractivity contribution < 1.29 is 17.9 Å². The Kier molecular flexibility index (Phi) is 5.29. The van der Waals surface area contributed by atoms with Gasteiger partial charge in [0.1, 0.15) is 5.75 Å². The molecule has 5 heteroatoms. The second kappa shape index (κ2) is 6.97. The number of nitrogens with one attached hydrogen (secondary N) is 1. The van der Waals surface area contributed by atoms with Crippen LogP contribution in [-0.4, -0.2) is 19.2 Å². The summed E-state index contributed by atoms with van der Waals surface area (Å²) in [5.41, 5.74) is -0.646. The molecule has 2 rings (SSSR count). The normalized spacial score (nSPS) is 16.6. The Balaban J connectivity index is 1.64. The lowest BCUT2D eigenvalue weighted by Crippen LogP contribution is -2.27. The molecule has 1 aromatic rings. The van der Waals surface area contributed by atoms with E-state index in [9.17, 15) is 13.2 Å². The van der Waals surface area contributed by atoms with Gasteiger partial charge in [0.25, 0.3) is 0 Å². The molecule has 1 aliphatic carbocycles. The van der Waals surface area contributed by atoms with E-state index in [1.165, 1.54) is 37.8 Å². The van der Waals surface area contributed by atoms with Crippen LogP contribution in [0.4, 0.5) is 13.2 Å². The first-order valence-electron chi connectivity index (χ1n) is 7.09. The maximum atomic E-state index is 12.4. The standard InChI is InChI=1S/C15H20F3NO/c16-15(17,18)12-6-8-14(9-7-12)20-11-3-10-19-13-4-1-2-5-13/h6-9,13,19H,1-5,10-11H2. The third-order valence-electron chi connectivity index (χ3n) is 3.56. The first-order valence-corrected chi connectivity index (χ1v) is 7.09. The van der Waals surface area contributed by atoms with Crippen molar-refractivity contribution in [1.29, 1.82) is 0 Å². The number of ether oxygens (including phenoxy) is 1. The maximum Gasteiger partial charge on any atom is 0.416 e. The molecule has 0 amide bonds. The summed E-state index contributed by atoms with van der Waals surface area (Å²) in [6.07, 6.45) is 1.68. The van der Waals surface area contributed by atoms with E-state index in [4.69, 9.17) is 4.74 Å². The molecule has 0 saturated heterocycles. The molecule has 0 spiro atoms. The molecule has 1 aromatic carbocycles. The molecule has 0 aromatic heterocycles. The number of benzene rings is 1. The van der Waals surface area contributed by atoms with Crippen LogP contribution in [0, 0.1) is 0 Å². The van der Waals surface area contributed by atoms with Crippen molar-refractivity contribution in [1.82, 2.24) is 5.32 Å². The van der Waals surface area contributed by atoms with Crippen LogP contribution in [0.15, 0.2) is 24.3 Å². The van der Waals surface area contributed by atoms with Crippen LogP contribution >= 0.6 is 0 Å². The molecule has 1 aliphatic rings. The predicted molar refractivity (Wildman–Crippen MR) is 71.8 cm³/mol. The number of rotatable bonds is 6. The van der Waals surface area contributed by atoms with Gasteiger partial charge in [0.15, 0.2) is 0 Å². The summed E-state index contributed by atoms with van der Waals surface area (Å²) in [5.74, 6) is 0.485. The van der Waals surface area contributed by atoms with Crippen LogP contribution in [-0.2, 0) is 6.18 Å². The van der Waals surface area contributed by atoms with Crippen molar-refractivity contribution in [3.8, 4) is 5.75 Å². The minimum Gasteiger partial charge on any atom is -0.494 e. The lowest BCUT2D eigenvalue weighted by molar-refractivity contribution is -0.137. The fourth-order valence-electron chi connectivity index (χ4n) is 2.44. The first kappa shape index (κ1) is 15.2. The number of alkyl halides is 3. The molecule has 1 N–H and O–H groups in total. The third kappa shape index (κ3) is 4.71. The highest BCUT2D eigenvalue weighted by atomic mass is 19.4. The molecule has 112 valence electrons. The quantitative estimate of drug-likeness (QED) is 0.798. The molecule has 0 atom stereocenters. The fraction of sp³-hybridized carbons (Fsp3) is 0.600. The first-order chi connectivity index (χ1) is 9.55. The van der Waals surface area contributed by atoms with Gasteiger partial charge in [-0.15, -0.1) is 0 Å². The van der Waals surface area contributed by atoms with E-state index in [2.05, 4.69) is 5.32 Å². The highest BCUT2D eigenvalue weighted by Gasteiger charge is 2.29. The second-order valence-electron chi connectivity index (χ2n) is 5.16. The third-order valence-corrected chi connectivity index (χ3v) is 3.56. The van der Waals surface area contributed by atoms with Crippen molar-refractivity contribution >= 4 is 0 Å². The zero-order valence-corrected chi connectivity index (χ0v) is 11.4. The summed E-state index contributed by atoms with van der Waals surface area (Å²) >= 11 is 0. The highest BCUT2D eigenvalue weighted by Crippen LogP contribution is 2.30. The van der Waals surface area contributed by atoms with Gasteiger partial charge in [0.05, 0.1) is 12.2 Å². The smallest absolute Gasteiger partial charge is 0.416 e. The highest BCUT2D eigenvalue weighted by molar-refractivity contribution is 5.28. The monoisotopic (exact) mass is 287 g/mol. The van der Waals surface area contributed by atoms with E-state index < -0.39 is 11.7 Å². The number of hydrogen-bond donors (Lipinski definition) is 1. The van der Waals surface area contributed by atoms with Crippen LogP contribution in [0.5, 0.6) is 5.75 Å². The van der Waals surface area contributed by atoms with E-state index in [0.29, 0.717) is 18.4 Å². The van der Waals surface area contributed by atoms with E-state index in [1.807, 2.05) is 0 Å². The molecule has 0 radical (unpaired) electrons. The molecule has 1 saturated carbocycles. The van der Waals surface area contributed by atoms with Crippen LogP contribution in [0.25, 0.3) is 0 Å². The molecule has 2 nitrogen and oxygen atoms in total. The van der Waals surface area contributed by atoms with Crippen molar-refractivity contribution in [3.05, 3.63) is 29.8 Å². The minimum atomic E-state index is -4.29. The Bertz CT molecular complexity index is 397. The van der Waals surface area contributed by atoms with E-state index in [1.54, 1.807) is 0 Å². The van der Waals surface area contributed by atoms with Crippen LogP contribution < -0.4 is 10.1 Å². The predicted octanol–water partition coefficient (Wildman–Crippen LogP) is 4.01. The lowest BCUT2D eigenvalue weighted by atomic mass is 10.2. The average molecular weight is 287 g/mol. The Morgan fingerprint density at radius 1 is 1.10 bits per heavy atom. The van der Waals surface area contributed by atoms with Gasteiger partial charge in [0, 0.05) is 6.04 Å². The largest absolute Gasteiger partial charge is 0.494 e. The van der Waals surface area contributed by atoms with Gasteiger partial charge in [-0.3, -0.25) is 0 Å². The summed E-state index contributed by atoms with van der Waals surface area (Å²) in [6, 6.07) is 5.47. The summed E-state index contributed by atoms with van der Waals surface area (Å²) in [5, 5.41) is 3.47. The number of hydrogen-bond acceptors (Lipinski definition) is 2. The van der Waals surface area contributed by atoms with Gasteiger partial charge < -0.3 is 10.1 Å². The average Bonchev–Trinajstić information content (AvgIpc) is 2.91. The molecular formula is C15H20F3NO. The molecule has 0 heterocycles. The van der Waals surface area contributed by atoms with E-state index >= 15 is 0 Å². The van der Waals surface area contributed by atoms with Crippen LogP contribution in [0.3, 0.4) is 0 Å². The number of halogens is 3. The van der Waals surface area contributed by atoms with Gasteiger partial charge in [-0.25, -0.2) is 0 Å². The summed E-state index contributed by atoms with van der Waals surface area (Å²) in [7, 11) is 0. The molecule has 0 unspecified atom stereocenters. The van der Waals surface area contributed by atoms with E-state index in [0.717, 1.165) is 25.1 Å². The van der Waals surface area contributed by atoms with Crippen molar-refractivity contribution in [2.24, 2.45) is 0 Å². The second-order valence-corrected chi connectivity index (χ2v) is 5.16. The molecular weight excluding hydrogens is 267 g/mol. The molecule has 1 fully saturated rings. The zero-order chi connectivity index (χ0) is 14.4. The molecule has 20 heavy (non-hydrogen) atoms.